The molecule has 0 radical (unpaired) electrons. The lowest BCUT2D eigenvalue weighted by atomic mass is 9.84. The maximum Gasteiger partial charge on any atom is 0.315 e. The Morgan fingerprint density at radius 3 is 2.92 bits per heavy atom. The third-order valence-corrected chi connectivity index (χ3v) is 2.39. The Hall–Kier alpha value is -0.870. The van der Waals surface area contributed by atoms with Crippen LogP contribution >= 0.6 is 0 Å². The van der Waals surface area contributed by atoms with Crippen molar-refractivity contribution in [2.45, 2.75) is 18.8 Å². The molecule has 1 aliphatic carbocycles. The third kappa shape index (κ3) is 1.04. The summed E-state index contributed by atoms with van der Waals surface area (Å²) in [5.74, 6) is -1.02. The van der Waals surface area contributed by atoms with E-state index in [1.807, 2.05) is 0 Å². The topological polar surface area (TPSA) is 66.8 Å². The third-order valence-electron chi connectivity index (χ3n) is 2.39. The van der Waals surface area contributed by atoms with Crippen LogP contribution < -0.4 is 0 Å². The highest BCUT2D eigenvalue weighted by Crippen LogP contribution is 2.34. The van der Waals surface area contributed by atoms with Crippen LogP contribution in [0.5, 0.6) is 0 Å². The van der Waals surface area contributed by atoms with Crippen LogP contribution in [0.25, 0.3) is 0 Å². The van der Waals surface area contributed by atoms with Crippen molar-refractivity contribution in [1.29, 1.82) is 0 Å². The molecule has 0 aromatic heterocycles. The Morgan fingerprint density at radius 1 is 1.42 bits per heavy atom. The monoisotopic (exact) mass is 170 g/mol. The van der Waals surface area contributed by atoms with Crippen LogP contribution in [0.1, 0.15) is 6.42 Å². The number of aliphatic hydroxyl groups is 2. The van der Waals surface area contributed by atoms with Gasteiger partial charge in [-0.2, -0.15) is 0 Å². The van der Waals surface area contributed by atoms with E-state index in [9.17, 15) is 15.0 Å². The average Bonchev–Trinajstić information content (AvgIpc) is 2.28. The summed E-state index contributed by atoms with van der Waals surface area (Å²) in [6, 6.07) is 0. The lowest BCUT2D eigenvalue weighted by Crippen LogP contribution is -2.27. The molecule has 1 aliphatic heterocycles. The molecule has 2 N–H and O–H groups in total. The zero-order valence-electron chi connectivity index (χ0n) is 6.38. The van der Waals surface area contributed by atoms with E-state index in [1.165, 1.54) is 0 Å². The maximum absolute atomic E-state index is 11.0. The van der Waals surface area contributed by atoms with E-state index in [-0.39, 0.29) is 11.8 Å². The number of carbonyl (C=O) groups is 1. The Labute approximate surface area is 69.5 Å². The summed E-state index contributed by atoms with van der Waals surface area (Å²) in [6.45, 7) is 0. The lowest BCUT2D eigenvalue weighted by molar-refractivity contribution is -0.156. The SMILES string of the molecule is O=C1O[C@H](O)[C@H]2C[C@@H](O)C=C[C@@H]12. The van der Waals surface area contributed by atoms with E-state index in [0.29, 0.717) is 6.42 Å². The minimum atomic E-state index is -1.04. The molecule has 0 aromatic carbocycles. The van der Waals surface area contributed by atoms with Crippen LogP contribution in [0.15, 0.2) is 12.2 Å². The van der Waals surface area contributed by atoms with Crippen LogP contribution in [0, 0.1) is 11.8 Å². The van der Waals surface area contributed by atoms with Crippen LogP contribution in [0.2, 0.25) is 0 Å². The van der Waals surface area contributed by atoms with E-state index in [0.717, 1.165) is 0 Å². The van der Waals surface area contributed by atoms with Gasteiger partial charge in [-0.15, -0.1) is 0 Å². The highest BCUT2D eigenvalue weighted by molar-refractivity contribution is 5.77. The molecule has 4 atom stereocenters. The molecule has 66 valence electrons. The minimum Gasteiger partial charge on any atom is -0.435 e. The predicted molar refractivity (Wildman–Crippen MR) is 38.8 cm³/mol. The summed E-state index contributed by atoms with van der Waals surface area (Å²) in [4.78, 5) is 11.0. The van der Waals surface area contributed by atoms with Crippen molar-refractivity contribution in [2.75, 3.05) is 0 Å². The summed E-state index contributed by atoms with van der Waals surface area (Å²) >= 11 is 0. The molecule has 0 aromatic rings. The molecule has 2 rings (SSSR count). The highest BCUT2D eigenvalue weighted by atomic mass is 16.6. The first-order valence-electron chi connectivity index (χ1n) is 3.93. The maximum atomic E-state index is 11.0. The van der Waals surface area contributed by atoms with Crippen molar-refractivity contribution in [3.05, 3.63) is 12.2 Å². The fraction of sp³-hybridized carbons (Fsp3) is 0.625. The number of ether oxygens (including phenoxy) is 1. The molecule has 4 nitrogen and oxygen atoms in total. The van der Waals surface area contributed by atoms with Crippen molar-refractivity contribution in [2.24, 2.45) is 11.8 Å². The Balaban J connectivity index is 2.23. The lowest BCUT2D eigenvalue weighted by Gasteiger charge is -2.21. The van der Waals surface area contributed by atoms with E-state index in [1.54, 1.807) is 12.2 Å². The van der Waals surface area contributed by atoms with E-state index < -0.39 is 18.4 Å². The molecule has 1 saturated heterocycles. The normalized spacial score (nSPS) is 45.7. The fourth-order valence-corrected chi connectivity index (χ4v) is 1.73. The number of rotatable bonds is 0. The Morgan fingerprint density at radius 2 is 2.17 bits per heavy atom. The van der Waals surface area contributed by atoms with Gasteiger partial charge in [0.1, 0.15) is 0 Å². The van der Waals surface area contributed by atoms with Crippen molar-refractivity contribution in [3.8, 4) is 0 Å². The summed E-state index contributed by atoms with van der Waals surface area (Å²) in [6.07, 6.45) is 1.98. The van der Waals surface area contributed by atoms with Crippen LogP contribution in [-0.2, 0) is 9.53 Å². The first-order chi connectivity index (χ1) is 5.68. The molecule has 4 heteroatoms. The number of aliphatic hydroxyl groups excluding tert-OH is 2. The number of hydrogen-bond acceptors (Lipinski definition) is 4. The van der Waals surface area contributed by atoms with Gasteiger partial charge in [-0.25, -0.2) is 0 Å². The standard InChI is InChI=1S/C8H10O4/c9-4-1-2-5-6(3-4)8(11)12-7(5)10/h1-2,4-6,8-9,11H,3H2/t4-,5+,6-,8-/m0/s1. The van der Waals surface area contributed by atoms with Gasteiger partial charge in [-0.1, -0.05) is 12.2 Å². The molecule has 0 saturated carbocycles. The number of esters is 1. The van der Waals surface area contributed by atoms with Crippen LogP contribution in [0.4, 0.5) is 0 Å². The van der Waals surface area contributed by atoms with Crippen LogP contribution in [0.3, 0.4) is 0 Å². The van der Waals surface area contributed by atoms with E-state index in [4.69, 9.17) is 0 Å². The largest absolute Gasteiger partial charge is 0.435 e. The summed E-state index contributed by atoms with van der Waals surface area (Å²) in [7, 11) is 0. The molecule has 0 amide bonds. The van der Waals surface area contributed by atoms with E-state index in [2.05, 4.69) is 4.74 Å². The van der Waals surface area contributed by atoms with Gasteiger partial charge in [0.25, 0.3) is 0 Å². The molecule has 0 bridgehead atoms. The smallest absolute Gasteiger partial charge is 0.315 e. The molecule has 12 heavy (non-hydrogen) atoms. The summed E-state index contributed by atoms with van der Waals surface area (Å²) in [5, 5.41) is 18.4. The predicted octanol–water partition coefficient (Wildman–Crippen LogP) is -0.585. The molecule has 0 spiro atoms. The second-order valence-corrected chi connectivity index (χ2v) is 3.21. The highest BCUT2D eigenvalue weighted by Gasteiger charge is 2.44. The molecule has 1 fully saturated rings. The minimum absolute atomic E-state index is 0.266. The first-order valence-corrected chi connectivity index (χ1v) is 3.93. The number of hydrogen-bond donors (Lipinski definition) is 2. The van der Waals surface area contributed by atoms with Crippen molar-refractivity contribution in [3.63, 3.8) is 0 Å². The van der Waals surface area contributed by atoms with Crippen molar-refractivity contribution in [1.82, 2.24) is 0 Å². The number of cyclic esters (lactones) is 1. The average molecular weight is 170 g/mol. The molecular weight excluding hydrogens is 160 g/mol. The molecule has 1 heterocycles. The zero-order valence-corrected chi connectivity index (χ0v) is 6.38. The second kappa shape index (κ2) is 2.57. The number of carbonyl (C=O) groups excluding carboxylic acids is 1. The molecule has 0 unspecified atom stereocenters. The molecule has 2 aliphatic rings. The van der Waals surface area contributed by atoms with Gasteiger partial charge >= 0.3 is 5.97 Å². The second-order valence-electron chi connectivity index (χ2n) is 3.21. The van der Waals surface area contributed by atoms with Crippen molar-refractivity contribution < 1.29 is 19.7 Å². The van der Waals surface area contributed by atoms with Gasteiger partial charge in [0, 0.05) is 5.92 Å². The number of fused-ring (bicyclic) bond motifs is 1. The summed E-state index contributed by atoms with van der Waals surface area (Å²) < 4.78 is 4.61. The summed E-state index contributed by atoms with van der Waals surface area (Å²) in [5.41, 5.74) is 0. The van der Waals surface area contributed by atoms with Crippen LogP contribution in [-0.4, -0.2) is 28.6 Å². The molecular formula is C8H10O4. The zero-order chi connectivity index (χ0) is 8.72. The van der Waals surface area contributed by atoms with Gasteiger partial charge in [-0.05, 0) is 6.42 Å². The van der Waals surface area contributed by atoms with Gasteiger partial charge in [-0.3, -0.25) is 4.79 Å². The van der Waals surface area contributed by atoms with Crippen molar-refractivity contribution >= 4 is 5.97 Å². The fourth-order valence-electron chi connectivity index (χ4n) is 1.73. The first kappa shape index (κ1) is 7.76. The van der Waals surface area contributed by atoms with Gasteiger partial charge in [0.2, 0.25) is 6.29 Å². The van der Waals surface area contributed by atoms with Gasteiger partial charge < -0.3 is 14.9 Å². The Kier molecular flexibility index (Phi) is 1.66. The van der Waals surface area contributed by atoms with Gasteiger partial charge in [0.15, 0.2) is 0 Å². The van der Waals surface area contributed by atoms with Gasteiger partial charge in [0.05, 0.1) is 12.0 Å². The quantitative estimate of drug-likeness (QED) is 0.377. The van der Waals surface area contributed by atoms with E-state index >= 15 is 0 Å². The Bertz CT molecular complexity index is 235.